The van der Waals surface area contributed by atoms with Gasteiger partial charge >= 0.3 is 0 Å². The van der Waals surface area contributed by atoms with Crippen LogP contribution in [0.2, 0.25) is 5.28 Å². The third-order valence-electron chi connectivity index (χ3n) is 2.02. The molecule has 3 nitrogen and oxygen atoms in total. The van der Waals surface area contributed by atoms with Gasteiger partial charge in [-0.25, -0.2) is 9.97 Å². The quantitative estimate of drug-likeness (QED) is 0.691. The van der Waals surface area contributed by atoms with Crippen LogP contribution in [0.5, 0.6) is 0 Å². The topological polar surface area (TPSA) is 37.8 Å². The SMILES string of the molecule is Clc1nccc(C2=CCNCC2)n1. The van der Waals surface area contributed by atoms with Crippen molar-refractivity contribution in [3.05, 3.63) is 29.3 Å². The Bertz CT molecular complexity index is 335. The Balaban J connectivity index is 2.29. The van der Waals surface area contributed by atoms with Gasteiger partial charge < -0.3 is 5.32 Å². The van der Waals surface area contributed by atoms with E-state index >= 15 is 0 Å². The van der Waals surface area contributed by atoms with E-state index in [1.54, 1.807) is 6.20 Å². The van der Waals surface area contributed by atoms with Gasteiger partial charge in [-0.3, -0.25) is 0 Å². The van der Waals surface area contributed by atoms with Crippen molar-refractivity contribution in [1.82, 2.24) is 15.3 Å². The third-order valence-corrected chi connectivity index (χ3v) is 2.20. The van der Waals surface area contributed by atoms with Crippen LogP contribution >= 0.6 is 11.6 Å². The fraction of sp³-hybridized carbons (Fsp3) is 0.333. The minimum absolute atomic E-state index is 0.317. The predicted octanol–water partition coefficient (Wildman–Crippen LogP) is 1.51. The molecule has 0 aliphatic carbocycles. The van der Waals surface area contributed by atoms with Gasteiger partial charge in [0.15, 0.2) is 0 Å². The average molecular weight is 196 g/mol. The molecule has 0 unspecified atom stereocenters. The molecule has 0 spiro atoms. The number of hydrogen-bond acceptors (Lipinski definition) is 3. The lowest BCUT2D eigenvalue weighted by Crippen LogP contribution is -2.20. The first kappa shape index (κ1) is 8.66. The molecule has 68 valence electrons. The maximum Gasteiger partial charge on any atom is 0.222 e. The van der Waals surface area contributed by atoms with E-state index in [9.17, 15) is 0 Å². The van der Waals surface area contributed by atoms with Crippen LogP contribution in [0.4, 0.5) is 0 Å². The van der Waals surface area contributed by atoms with Crippen molar-refractivity contribution < 1.29 is 0 Å². The summed E-state index contributed by atoms with van der Waals surface area (Å²) in [5, 5.41) is 3.56. The summed E-state index contributed by atoms with van der Waals surface area (Å²) < 4.78 is 0. The van der Waals surface area contributed by atoms with Gasteiger partial charge in [-0.05, 0) is 36.2 Å². The van der Waals surface area contributed by atoms with Crippen LogP contribution in [-0.4, -0.2) is 23.1 Å². The molecule has 13 heavy (non-hydrogen) atoms. The Morgan fingerprint density at radius 1 is 1.46 bits per heavy atom. The lowest BCUT2D eigenvalue weighted by atomic mass is 10.1. The summed E-state index contributed by atoms with van der Waals surface area (Å²) in [4.78, 5) is 8.00. The molecule has 0 fully saturated rings. The van der Waals surface area contributed by atoms with E-state index < -0.39 is 0 Å². The van der Waals surface area contributed by atoms with Crippen LogP contribution in [0.1, 0.15) is 12.1 Å². The molecular weight excluding hydrogens is 186 g/mol. The molecule has 0 aromatic carbocycles. The maximum atomic E-state index is 5.70. The Morgan fingerprint density at radius 2 is 2.38 bits per heavy atom. The normalized spacial score (nSPS) is 16.8. The largest absolute Gasteiger partial charge is 0.313 e. The smallest absolute Gasteiger partial charge is 0.222 e. The first-order valence-corrected chi connectivity index (χ1v) is 4.63. The molecule has 2 heterocycles. The molecule has 0 saturated heterocycles. The first-order valence-electron chi connectivity index (χ1n) is 4.25. The van der Waals surface area contributed by atoms with Crippen molar-refractivity contribution in [3.63, 3.8) is 0 Å². The molecule has 2 rings (SSSR count). The molecule has 0 saturated carbocycles. The van der Waals surface area contributed by atoms with Crippen molar-refractivity contribution in [1.29, 1.82) is 0 Å². The van der Waals surface area contributed by atoms with Gasteiger partial charge in [-0.2, -0.15) is 0 Å². The summed E-state index contributed by atoms with van der Waals surface area (Å²) in [5.74, 6) is 0. The van der Waals surface area contributed by atoms with Gasteiger partial charge in [0, 0.05) is 12.7 Å². The molecule has 0 amide bonds. The highest BCUT2D eigenvalue weighted by atomic mass is 35.5. The summed E-state index contributed by atoms with van der Waals surface area (Å²) in [5.41, 5.74) is 2.20. The second-order valence-corrected chi connectivity index (χ2v) is 3.23. The van der Waals surface area contributed by atoms with E-state index in [4.69, 9.17) is 11.6 Å². The van der Waals surface area contributed by atoms with E-state index in [0.29, 0.717) is 5.28 Å². The van der Waals surface area contributed by atoms with Crippen LogP contribution in [-0.2, 0) is 0 Å². The van der Waals surface area contributed by atoms with Gasteiger partial charge in [0.1, 0.15) is 0 Å². The Labute approximate surface area is 81.9 Å². The standard InChI is InChI=1S/C9H10ClN3/c10-9-12-6-3-8(13-9)7-1-4-11-5-2-7/h1,3,6,11H,2,4-5H2. The zero-order chi connectivity index (χ0) is 9.10. The minimum atomic E-state index is 0.317. The third kappa shape index (κ3) is 2.05. The molecule has 1 N–H and O–H groups in total. The predicted molar refractivity (Wildman–Crippen MR) is 52.5 cm³/mol. The van der Waals surface area contributed by atoms with Crippen LogP contribution in [0.25, 0.3) is 5.57 Å². The van der Waals surface area contributed by atoms with E-state index in [-0.39, 0.29) is 0 Å². The zero-order valence-electron chi connectivity index (χ0n) is 7.13. The van der Waals surface area contributed by atoms with Crippen molar-refractivity contribution in [2.45, 2.75) is 6.42 Å². The van der Waals surface area contributed by atoms with Crippen LogP contribution in [0.3, 0.4) is 0 Å². The number of nitrogens with one attached hydrogen (secondary N) is 1. The van der Waals surface area contributed by atoms with Crippen molar-refractivity contribution in [2.75, 3.05) is 13.1 Å². The monoisotopic (exact) mass is 195 g/mol. The fourth-order valence-corrected chi connectivity index (χ4v) is 1.52. The van der Waals surface area contributed by atoms with E-state index in [1.807, 2.05) is 6.07 Å². The van der Waals surface area contributed by atoms with Crippen molar-refractivity contribution in [3.8, 4) is 0 Å². The molecule has 4 heteroatoms. The highest BCUT2D eigenvalue weighted by Crippen LogP contribution is 2.17. The average Bonchev–Trinajstić information content (AvgIpc) is 2.19. The summed E-state index contributed by atoms with van der Waals surface area (Å²) >= 11 is 5.70. The zero-order valence-corrected chi connectivity index (χ0v) is 7.88. The Hall–Kier alpha value is -0.930. The molecular formula is C9H10ClN3. The van der Waals surface area contributed by atoms with Crippen molar-refractivity contribution >= 4 is 17.2 Å². The van der Waals surface area contributed by atoms with Crippen LogP contribution in [0, 0.1) is 0 Å². The lowest BCUT2D eigenvalue weighted by molar-refractivity contribution is 0.736. The lowest BCUT2D eigenvalue weighted by Gasteiger charge is -2.12. The molecule has 1 aromatic heterocycles. The second kappa shape index (κ2) is 3.85. The van der Waals surface area contributed by atoms with Gasteiger partial charge in [0.05, 0.1) is 5.69 Å². The van der Waals surface area contributed by atoms with Crippen LogP contribution < -0.4 is 5.32 Å². The highest BCUT2D eigenvalue weighted by Gasteiger charge is 2.06. The molecule has 0 radical (unpaired) electrons. The Morgan fingerprint density at radius 3 is 3.08 bits per heavy atom. The number of nitrogens with zero attached hydrogens (tertiary/aromatic N) is 2. The summed E-state index contributed by atoms with van der Waals surface area (Å²) in [7, 11) is 0. The van der Waals surface area contributed by atoms with Crippen molar-refractivity contribution in [2.24, 2.45) is 0 Å². The van der Waals surface area contributed by atoms with Gasteiger partial charge in [0.2, 0.25) is 5.28 Å². The number of halogens is 1. The number of rotatable bonds is 1. The Kier molecular flexibility index (Phi) is 2.57. The highest BCUT2D eigenvalue weighted by molar-refractivity contribution is 6.28. The molecule has 1 aliphatic heterocycles. The maximum absolute atomic E-state index is 5.70. The van der Waals surface area contributed by atoms with E-state index in [0.717, 1.165) is 25.2 Å². The molecule has 1 aromatic rings. The summed E-state index contributed by atoms with van der Waals surface area (Å²) in [6.45, 7) is 1.92. The summed E-state index contributed by atoms with van der Waals surface area (Å²) in [6, 6.07) is 1.89. The summed E-state index contributed by atoms with van der Waals surface area (Å²) in [6.07, 6.45) is 4.84. The molecule has 1 aliphatic rings. The van der Waals surface area contributed by atoms with Gasteiger partial charge in [0.25, 0.3) is 0 Å². The van der Waals surface area contributed by atoms with E-state index in [2.05, 4.69) is 21.4 Å². The number of aromatic nitrogens is 2. The number of hydrogen-bond donors (Lipinski definition) is 1. The second-order valence-electron chi connectivity index (χ2n) is 2.89. The van der Waals surface area contributed by atoms with Gasteiger partial charge in [-0.15, -0.1) is 0 Å². The van der Waals surface area contributed by atoms with E-state index in [1.165, 1.54) is 5.57 Å². The van der Waals surface area contributed by atoms with Gasteiger partial charge in [-0.1, -0.05) is 6.08 Å². The first-order chi connectivity index (χ1) is 6.36. The fourth-order valence-electron chi connectivity index (χ4n) is 1.37. The molecule has 0 atom stereocenters. The van der Waals surface area contributed by atoms with Crippen LogP contribution in [0.15, 0.2) is 18.3 Å². The minimum Gasteiger partial charge on any atom is -0.313 e. The molecule has 0 bridgehead atoms.